The summed E-state index contributed by atoms with van der Waals surface area (Å²) >= 11 is 0. The SMILES string of the molecule is CNCC1(CCCCOC)CCOC1. The summed E-state index contributed by atoms with van der Waals surface area (Å²) in [5.41, 5.74) is 0.405. The fourth-order valence-corrected chi connectivity index (χ4v) is 2.20. The van der Waals surface area contributed by atoms with Crippen molar-refractivity contribution in [2.45, 2.75) is 25.7 Å². The fraction of sp³-hybridized carbons (Fsp3) is 1.00. The third kappa shape index (κ3) is 3.56. The van der Waals surface area contributed by atoms with E-state index in [4.69, 9.17) is 9.47 Å². The summed E-state index contributed by atoms with van der Waals surface area (Å²) in [4.78, 5) is 0. The van der Waals surface area contributed by atoms with Crippen LogP contribution in [-0.4, -0.2) is 40.5 Å². The molecule has 84 valence electrons. The minimum atomic E-state index is 0.405. The van der Waals surface area contributed by atoms with E-state index in [1.54, 1.807) is 7.11 Å². The van der Waals surface area contributed by atoms with E-state index in [1.165, 1.54) is 25.7 Å². The van der Waals surface area contributed by atoms with E-state index in [0.29, 0.717) is 5.41 Å². The lowest BCUT2D eigenvalue weighted by Gasteiger charge is -2.26. The van der Waals surface area contributed by atoms with Crippen molar-refractivity contribution in [2.24, 2.45) is 5.41 Å². The van der Waals surface area contributed by atoms with Crippen molar-refractivity contribution < 1.29 is 9.47 Å². The highest BCUT2D eigenvalue weighted by Crippen LogP contribution is 2.33. The molecule has 1 saturated heterocycles. The highest BCUT2D eigenvalue weighted by Gasteiger charge is 2.33. The second-order valence-corrected chi connectivity index (χ2v) is 4.28. The van der Waals surface area contributed by atoms with Gasteiger partial charge in [0.15, 0.2) is 0 Å². The average Bonchev–Trinajstić information content (AvgIpc) is 2.63. The first-order valence-electron chi connectivity index (χ1n) is 5.54. The number of unbranched alkanes of at least 4 members (excludes halogenated alkanes) is 1. The molecule has 0 amide bonds. The first kappa shape index (κ1) is 12.0. The molecule has 0 spiro atoms. The van der Waals surface area contributed by atoms with Crippen LogP contribution in [0.25, 0.3) is 0 Å². The van der Waals surface area contributed by atoms with Gasteiger partial charge in [0, 0.05) is 32.3 Å². The third-order valence-electron chi connectivity index (χ3n) is 3.04. The van der Waals surface area contributed by atoms with Crippen LogP contribution in [0.5, 0.6) is 0 Å². The molecule has 3 nitrogen and oxygen atoms in total. The van der Waals surface area contributed by atoms with Crippen LogP contribution in [0.1, 0.15) is 25.7 Å². The quantitative estimate of drug-likeness (QED) is 0.632. The Morgan fingerprint density at radius 3 is 2.86 bits per heavy atom. The molecule has 14 heavy (non-hydrogen) atoms. The molecule has 0 bridgehead atoms. The summed E-state index contributed by atoms with van der Waals surface area (Å²) in [7, 11) is 3.79. The van der Waals surface area contributed by atoms with Gasteiger partial charge in [-0.3, -0.25) is 0 Å². The summed E-state index contributed by atoms with van der Waals surface area (Å²) in [5.74, 6) is 0. The number of hydrogen-bond donors (Lipinski definition) is 1. The van der Waals surface area contributed by atoms with Crippen LogP contribution < -0.4 is 5.32 Å². The first-order valence-corrected chi connectivity index (χ1v) is 5.54. The standard InChI is InChI=1S/C11H23NO2/c1-12-9-11(6-8-14-10-11)5-3-4-7-13-2/h12H,3-10H2,1-2H3. The fourth-order valence-electron chi connectivity index (χ4n) is 2.20. The Morgan fingerprint density at radius 1 is 1.43 bits per heavy atom. The van der Waals surface area contributed by atoms with Gasteiger partial charge in [-0.05, 0) is 26.3 Å². The number of rotatable bonds is 7. The van der Waals surface area contributed by atoms with Crippen molar-refractivity contribution >= 4 is 0 Å². The van der Waals surface area contributed by atoms with Crippen molar-refractivity contribution in [3.8, 4) is 0 Å². The van der Waals surface area contributed by atoms with Crippen molar-refractivity contribution in [3.63, 3.8) is 0 Å². The van der Waals surface area contributed by atoms with Crippen LogP contribution in [-0.2, 0) is 9.47 Å². The molecule has 0 aromatic rings. The van der Waals surface area contributed by atoms with Crippen LogP contribution in [0.15, 0.2) is 0 Å². The van der Waals surface area contributed by atoms with Gasteiger partial charge in [-0.1, -0.05) is 6.42 Å². The topological polar surface area (TPSA) is 30.5 Å². The summed E-state index contributed by atoms with van der Waals surface area (Å²) in [5, 5.41) is 3.28. The van der Waals surface area contributed by atoms with Gasteiger partial charge in [-0.25, -0.2) is 0 Å². The van der Waals surface area contributed by atoms with Gasteiger partial charge in [0.25, 0.3) is 0 Å². The third-order valence-corrected chi connectivity index (χ3v) is 3.04. The maximum atomic E-state index is 5.50. The summed E-state index contributed by atoms with van der Waals surface area (Å²) in [6, 6.07) is 0. The molecule has 0 aromatic carbocycles. The van der Waals surface area contributed by atoms with Gasteiger partial charge >= 0.3 is 0 Å². The molecule has 1 unspecified atom stereocenters. The van der Waals surface area contributed by atoms with Crippen LogP contribution in [0, 0.1) is 5.41 Å². The van der Waals surface area contributed by atoms with Crippen LogP contribution >= 0.6 is 0 Å². The second kappa shape index (κ2) is 6.38. The van der Waals surface area contributed by atoms with E-state index in [1.807, 2.05) is 7.05 Å². The molecular weight excluding hydrogens is 178 g/mol. The molecular formula is C11H23NO2. The van der Waals surface area contributed by atoms with Gasteiger partial charge < -0.3 is 14.8 Å². The molecule has 1 aliphatic heterocycles. The zero-order valence-electron chi connectivity index (χ0n) is 9.47. The Morgan fingerprint density at radius 2 is 2.29 bits per heavy atom. The maximum Gasteiger partial charge on any atom is 0.0535 e. The highest BCUT2D eigenvalue weighted by atomic mass is 16.5. The van der Waals surface area contributed by atoms with Crippen LogP contribution in [0.3, 0.4) is 0 Å². The van der Waals surface area contributed by atoms with E-state index < -0.39 is 0 Å². The Hall–Kier alpha value is -0.120. The number of ether oxygens (including phenoxy) is 2. The number of methoxy groups -OCH3 is 1. The monoisotopic (exact) mass is 201 g/mol. The zero-order valence-corrected chi connectivity index (χ0v) is 9.47. The Bertz CT molecular complexity index is 144. The molecule has 1 heterocycles. The summed E-state index contributed by atoms with van der Waals surface area (Å²) in [6.45, 7) is 3.84. The summed E-state index contributed by atoms with van der Waals surface area (Å²) in [6.07, 6.45) is 4.89. The largest absolute Gasteiger partial charge is 0.385 e. The lowest BCUT2D eigenvalue weighted by molar-refractivity contribution is 0.138. The highest BCUT2D eigenvalue weighted by molar-refractivity contribution is 4.84. The molecule has 1 aliphatic rings. The Kier molecular flexibility index (Phi) is 5.45. The Balaban J connectivity index is 2.21. The molecule has 0 aliphatic carbocycles. The van der Waals surface area contributed by atoms with Gasteiger partial charge in [0.1, 0.15) is 0 Å². The first-order chi connectivity index (χ1) is 6.83. The second-order valence-electron chi connectivity index (χ2n) is 4.28. The van der Waals surface area contributed by atoms with Gasteiger partial charge in [0.05, 0.1) is 6.61 Å². The van der Waals surface area contributed by atoms with Crippen molar-refractivity contribution in [2.75, 3.05) is 40.5 Å². The van der Waals surface area contributed by atoms with Crippen molar-refractivity contribution in [1.82, 2.24) is 5.32 Å². The maximum absolute atomic E-state index is 5.50. The lowest BCUT2D eigenvalue weighted by Crippen LogP contribution is -2.33. The molecule has 1 fully saturated rings. The van der Waals surface area contributed by atoms with E-state index in [0.717, 1.165) is 26.4 Å². The molecule has 0 saturated carbocycles. The van der Waals surface area contributed by atoms with Gasteiger partial charge in [0.2, 0.25) is 0 Å². The van der Waals surface area contributed by atoms with E-state index in [2.05, 4.69) is 5.32 Å². The normalized spacial score (nSPS) is 27.0. The van der Waals surface area contributed by atoms with E-state index in [9.17, 15) is 0 Å². The Labute approximate surface area is 87.2 Å². The van der Waals surface area contributed by atoms with E-state index in [-0.39, 0.29) is 0 Å². The minimum absolute atomic E-state index is 0.405. The smallest absolute Gasteiger partial charge is 0.0535 e. The summed E-state index contributed by atoms with van der Waals surface area (Å²) < 4.78 is 10.6. The molecule has 1 atom stereocenters. The average molecular weight is 201 g/mol. The minimum Gasteiger partial charge on any atom is -0.385 e. The van der Waals surface area contributed by atoms with Crippen LogP contribution in [0.4, 0.5) is 0 Å². The van der Waals surface area contributed by atoms with Crippen molar-refractivity contribution in [1.29, 1.82) is 0 Å². The van der Waals surface area contributed by atoms with Gasteiger partial charge in [-0.2, -0.15) is 0 Å². The molecule has 1 rings (SSSR count). The predicted molar refractivity (Wildman–Crippen MR) is 57.5 cm³/mol. The molecule has 0 aromatic heterocycles. The molecule has 1 N–H and O–H groups in total. The van der Waals surface area contributed by atoms with E-state index >= 15 is 0 Å². The number of nitrogens with one attached hydrogen (secondary N) is 1. The van der Waals surface area contributed by atoms with Gasteiger partial charge in [-0.15, -0.1) is 0 Å². The zero-order chi connectivity index (χ0) is 10.3. The van der Waals surface area contributed by atoms with Crippen molar-refractivity contribution in [3.05, 3.63) is 0 Å². The molecule has 0 radical (unpaired) electrons. The van der Waals surface area contributed by atoms with Crippen LogP contribution in [0.2, 0.25) is 0 Å². The predicted octanol–water partition coefficient (Wildman–Crippen LogP) is 1.43. The lowest BCUT2D eigenvalue weighted by atomic mass is 9.82. The molecule has 3 heteroatoms. The number of hydrogen-bond acceptors (Lipinski definition) is 3.